The third-order valence-corrected chi connectivity index (χ3v) is 8.46. The molecule has 0 atom stereocenters. The molecule has 0 aliphatic carbocycles. The average Bonchev–Trinajstić information content (AvgIpc) is 3.67. The van der Waals surface area contributed by atoms with E-state index in [-0.39, 0.29) is 23.1 Å². The molecule has 0 saturated carbocycles. The Morgan fingerprint density at radius 3 is 1.21 bits per heavy atom. The van der Waals surface area contributed by atoms with Crippen LogP contribution in [0.1, 0.15) is 32.4 Å². The molecular weight excluding hydrogens is 577 g/mol. The molecule has 0 aliphatic heterocycles. The number of thioether (sulfide) groups is 2. The summed E-state index contributed by atoms with van der Waals surface area (Å²) in [5.41, 5.74) is 3.08. The second-order valence-corrected chi connectivity index (χ2v) is 11.4. The molecule has 0 amide bonds. The predicted molar refractivity (Wildman–Crippen MR) is 169 cm³/mol. The van der Waals surface area contributed by atoms with Gasteiger partial charge >= 0.3 is 0 Å². The summed E-state index contributed by atoms with van der Waals surface area (Å²) >= 11 is 2.69. The van der Waals surface area contributed by atoms with E-state index in [9.17, 15) is 9.59 Å². The van der Waals surface area contributed by atoms with Crippen molar-refractivity contribution in [3.8, 4) is 11.4 Å². The average molecular weight is 603 g/mol. The number of carbonyl (C=O) groups excluding carboxylic acids is 2. The Kier molecular flexibility index (Phi) is 8.86. The van der Waals surface area contributed by atoms with Crippen LogP contribution in [0.15, 0.2) is 132 Å². The lowest BCUT2D eigenvalue weighted by Crippen LogP contribution is -2.10. The molecule has 2 aromatic heterocycles. The van der Waals surface area contributed by atoms with Gasteiger partial charge in [0, 0.05) is 22.5 Å². The molecule has 6 rings (SSSR count). The van der Waals surface area contributed by atoms with Crippen LogP contribution in [-0.2, 0) is 6.42 Å². The first-order valence-corrected chi connectivity index (χ1v) is 15.6. The van der Waals surface area contributed by atoms with Crippen molar-refractivity contribution >= 4 is 35.1 Å². The fourth-order valence-corrected chi connectivity index (χ4v) is 6.24. The van der Waals surface area contributed by atoms with E-state index in [1.165, 1.54) is 23.5 Å². The summed E-state index contributed by atoms with van der Waals surface area (Å²) in [7, 11) is 0. The number of hydrogen-bond donors (Lipinski definition) is 0. The minimum Gasteiger partial charge on any atom is -0.293 e. The van der Waals surface area contributed by atoms with E-state index in [1.54, 1.807) is 0 Å². The zero-order chi connectivity index (χ0) is 29.4. The molecule has 10 heteroatoms. The topological polar surface area (TPSA) is 95.6 Å². The first kappa shape index (κ1) is 28.3. The van der Waals surface area contributed by atoms with Gasteiger partial charge in [0.1, 0.15) is 11.6 Å². The highest BCUT2D eigenvalue weighted by Gasteiger charge is 2.22. The first-order chi connectivity index (χ1) is 21.2. The van der Waals surface area contributed by atoms with Crippen LogP contribution in [0.5, 0.6) is 0 Å². The van der Waals surface area contributed by atoms with Crippen molar-refractivity contribution in [3.63, 3.8) is 0 Å². The van der Waals surface area contributed by atoms with E-state index >= 15 is 0 Å². The molecule has 0 N–H and O–H groups in total. The number of benzene rings is 4. The van der Waals surface area contributed by atoms with Gasteiger partial charge in [-0.2, -0.15) is 0 Å². The molecule has 0 spiro atoms. The second-order valence-electron chi connectivity index (χ2n) is 9.47. The van der Waals surface area contributed by atoms with Crippen molar-refractivity contribution in [1.29, 1.82) is 0 Å². The molecule has 8 nitrogen and oxygen atoms in total. The number of rotatable bonds is 12. The minimum absolute atomic E-state index is 0.0188. The summed E-state index contributed by atoms with van der Waals surface area (Å²) in [5.74, 6) is 1.80. The van der Waals surface area contributed by atoms with Crippen molar-refractivity contribution in [3.05, 3.63) is 144 Å². The third-order valence-electron chi connectivity index (χ3n) is 6.60. The summed E-state index contributed by atoms with van der Waals surface area (Å²) < 4.78 is 3.91. The molecule has 0 unspecified atom stereocenters. The molecule has 6 aromatic rings. The maximum atomic E-state index is 12.8. The molecular formula is C33H26N6O2S2. The maximum Gasteiger partial charge on any atom is 0.196 e. The highest BCUT2D eigenvalue weighted by molar-refractivity contribution is 8.00. The molecule has 0 fully saturated rings. The number of Topliss-reactive ketones (excluding diaryl/α,β-unsaturated/α-hetero) is 2. The summed E-state index contributed by atoms with van der Waals surface area (Å²) in [6.07, 6.45) is 0.324. The van der Waals surface area contributed by atoms with Crippen LogP contribution in [0.25, 0.3) is 11.4 Å². The number of para-hydroxylation sites is 2. The Bertz CT molecular complexity index is 1690. The summed E-state index contributed by atoms with van der Waals surface area (Å²) in [6.45, 7) is 0. The molecule has 0 bridgehead atoms. The normalized spacial score (nSPS) is 11.0. The quantitative estimate of drug-likeness (QED) is 0.118. The largest absolute Gasteiger partial charge is 0.293 e. The number of ketones is 2. The molecule has 4 aromatic carbocycles. The van der Waals surface area contributed by atoms with Crippen molar-refractivity contribution in [2.75, 3.05) is 11.5 Å². The van der Waals surface area contributed by atoms with Crippen LogP contribution in [0.4, 0.5) is 0 Å². The Morgan fingerprint density at radius 2 is 0.837 bits per heavy atom. The van der Waals surface area contributed by atoms with Gasteiger partial charge in [0.05, 0.1) is 17.9 Å². The van der Waals surface area contributed by atoms with Gasteiger partial charge in [-0.3, -0.25) is 18.7 Å². The summed E-state index contributed by atoms with van der Waals surface area (Å²) in [4.78, 5) is 25.7. The van der Waals surface area contributed by atoms with Gasteiger partial charge < -0.3 is 0 Å². The van der Waals surface area contributed by atoms with Crippen molar-refractivity contribution in [2.45, 2.75) is 16.7 Å². The Hall–Kier alpha value is -4.80. The highest BCUT2D eigenvalue weighted by Crippen LogP contribution is 2.27. The number of nitrogens with zero attached hydrogens (tertiary/aromatic N) is 6. The smallest absolute Gasteiger partial charge is 0.196 e. The lowest BCUT2D eigenvalue weighted by Gasteiger charge is -2.12. The van der Waals surface area contributed by atoms with Gasteiger partial charge in [0.25, 0.3) is 0 Å². The van der Waals surface area contributed by atoms with Gasteiger partial charge in [0.15, 0.2) is 21.9 Å². The van der Waals surface area contributed by atoms with E-state index < -0.39 is 0 Å². The van der Waals surface area contributed by atoms with Gasteiger partial charge in [-0.05, 0) is 24.3 Å². The molecule has 212 valence electrons. The fraction of sp³-hybridized carbons (Fsp3) is 0.0909. The highest BCUT2D eigenvalue weighted by atomic mass is 32.2. The predicted octanol–water partition coefficient (Wildman–Crippen LogP) is 6.39. The number of carbonyl (C=O) groups is 2. The molecule has 43 heavy (non-hydrogen) atoms. The van der Waals surface area contributed by atoms with Gasteiger partial charge in [-0.1, -0.05) is 121 Å². The SMILES string of the molecule is O=C(CSc1nnc(Cc2nnc(SCC(=O)c3ccccc3)n2-c2ccccc2)n1-c1ccccc1)c1ccccc1. The van der Waals surface area contributed by atoms with Gasteiger partial charge in [-0.15, -0.1) is 20.4 Å². The van der Waals surface area contributed by atoms with E-state index in [4.69, 9.17) is 0 Å². The minimum atomic E-state index is 0.0188. The Labute approximate surface area is 257 Å². The van der Waals surface area contributed by atoms with Crippen LogP contribution in [-0.4, -0.2) is 52.6 Å². The van der Waals surface area contributed by atoms with Gasteiger partial charge in [-0.25, -0.2) is 0 Å². The number of aromatic nitrogens is 6. The standard InChI is InChI=1S/C33H26N6O2S2/c40-28(24-13-5-1-6-14-24)22-42-32-36-34-30(38(32)26-17-9-3-10-18-26)21-31-35-37-33(39(31)27-19-11-4-12-20-27)43-23-29(41)25-15-7-2-8-16-25/h1-20H,21-23H2. The first-order valence-electron chi connectivity index (χ1n) is 13.6. The Balaban J connectivity index is 1.30. The van der Waals surface area contributed by atoms with E-state index in [0.29, 0.717) is 39.5 Å². The summed E-state index contributed by atoms with van der Waals surface area (Å²) in [5, 5.41) is 19.2. The molecule has 0 saturated heterocycles. The zero-order valence-corrected chi connectivity index (χ0v) is 24.6. The lowest BCUT2D eigenvalue weighted by molar-refractivity contribution is 0.101. The number of hydrogen-bond acceptors (Lipinski definition) is 8. The molecule has 0 radical (unpaired) electrons. The van der Waals surface area contributed by atoms with Crippen LogP contribution in [0.3, 0.4) is 0 Å². The lowest BCUT2D eigenvalue weighted by atomic mass is 10.2. The van der Waals surface area contributed by atoms with E-state index in [0.717, 1.165) is 11.4 Å². The van der Waals surface area contributed by atoms with Crippen molar-refractivity contribution in [1.82, 2.24) is 29.5 Å². The molecule has 0 aliphatic rings. The second kappa shape index (κ2) is 13.5. The molecule has 2 heterocycles. The van der Waals surface area contributed by atoms with Crippen molar-refractivity contribution < 1.29 is 9.59 Å². The zero-order valence-electron chi connectivity index (χ0n) is 23.0. The fourth-order valence-electron chi connectivity index (χ4n) is 4.51. The van der Waals surface area contributed by atoms with Crippen LogP contribution >= 0.6 is 23.5 Å². The van der Waals surface area contributed by atoms with Crippen LogP contribution in [0, 0.1) is 0 Å². The monoisotopic (exact) mass is 602 g/mol. The van der Waals surface area contributed by atoms with Crippen LogP contribution < -0.4 is 0 Å². The third kappa shape index (κ3) is 6.66. The van der Waals surface area contributed by atoms with Crippen LogP contribution in [0.2, 0.25) is 0 Å². The maximum absolute atomic E-state index is 12.8. The van der Waals surface area contributed by atoms with Gasteiger partial charge in [0.2, 0.25) is 0 Å². The Morgan fingerprint density at radius 1 is 0.488 bits per heavy atom. The van der Waals surface area contributed by atoms with Crippen molar-refractivity contribution in [2.24, 2.45) is 0 Å². The van der Waals surface area contributed by atoms with E-state index in [2.05, 4.69) is 20.4 Å². The summed E-state index contributed by atoms with van der Waals surface area (Å²) in [6, 6.07) is 38.1. The van der Waals surface area contributed by atoms with E-state index in [1.807, 2.05) is 130 Å².